The van der Waals surface area contributed by atoms with Gasteiger partial charge in [-0.15, -0.1) is 10.2 Å². The molecule has 118 valence electrons. The van der Waals surface area contributed by atoms with Crippen LogP contribution in [-0.4, -0.2) is 40.3 Å². The van der Waals surface area contributed by atoms with Gasteiger partial charge in [0.25, 0.3) is 0 Å². The van der Waals surface area contributed by atoms with Crippen LogP contribution in [0.2, 0.25) is 0 Å². The Morgan fingerprint density at radius 2 is 2.14 bits per heavy atom. The van der Waals surface area contributed by atoms with Crippen LogP contribution < -0.4 is 0 Å². The van der Waals surface area contributed by atoms with Gasteiger partial charge in [0.2, 0.25) is 11.8 Å². The van der Waals surface area contributed by atoms with Gasteiger partial charge in [0.1, 0.15) is 6.04 Å². The third kappa shape index (κ3) is 4.03. The molecule has 0 saturated carbocycles. The van der Waals surface area contributed by atoms with Gasteiger partial charge in [0, 0.05) is 5.41 Å². The number of esters is 1. The predicted octanol–water partition coefficient (Wildman–Crippen LogP) is 2.28. The van der Waals surface area contributed by atoms with E-state index in [2.05, 4.69) is 15.1 Å². The molecule has 6 heteroatoms. The Morgan fingerprint density at radius 3 is 2.76 bits per heavy atom. The third-order valence-corrected chi connectivity index (χ3v) is 3.62. The van der Waals surface area contributed by atoms with Gasteiger partial charge in [0.15, 0.2) is 0 Å². The highest BCUT2D eigenvalue weighted by atomic mass is 16.5. The molecular weight excluding hydrogens is 270 g/mol. The maximum atomic E-state index is 12.0. The number of nitrogens with zero attached hydrogens (tertiary/aromatic N) is 3. The smallest absolute Gasteiger partial charge is 0.323 e. The molecular formula is C15H25N3O3. The summed E-state index contributed by atoms with van der Waals surface area (Å²) in [6.07, 6.45) is 2.96. The normalized spacial score (nSPS) is 20.5. The molecule has 1 aromatic heterocycles. The minimum atomic E-state index is -0.191. The fourth-order valence-electron chi connectivity index (χ4n) is 2.48. The largest absolute Gasteiger partial charge is 0.465 e. The van der Waals surface area contributed by atoms with Crippen molar-refractivity contribution in [3.8, 4) is 0 Å². The fourth-order valence-corrected chi connectivity index (χ4v) is 2.48. The van der Waals surface area contributed by atoms with Gasteiger partial charge in [-0.25, -0.2) is 0 Å². The molecule has 1 saturated heterocycles. The minimum absolute atomic E-state index is 0.146. The molecule has 1 aliphatic rings. The molecule has 1 atom stereocenters. The number of rotatable bonds is 4. The highest BCUT2D eigenvalue weighted by Crippen LogP contribution is 2.23. The molecule has 0 amide bonds. The van der Waals surface area contributed by atoms with Crippen molar-refractivity contribution in [3.63, 3.8) is 0 Å². The summed E-state index contributed by atoms with van der Waals surface area (Å²) in [5.41, 5.74) is -0.159. The van der Waals surface area contributed by atoms with Crippen LogP contribution in [0.5, 0.6) is 0 Å². The summed E-state index contributed by atoms with van der Waals surface area (Å²) in [4.78, 5) is 14.1. The molecule has 0 spiro atoms. The van der Waals surface area contributed by atoms with E-state index < -0.39 is 0 Å². The van der Waals surface area contributed by atoms with Gasteiger partial charge in [-0.2, -0.15) is 0 Å². The van der Waals surface area contributed by atoms with Crippen molar-refractivity contribution in [1.29, 1.82) is 0 Å². The maximum absolute atomic E-state index is 12.0. The predicted molar refractivity (Wildman–Crippen MR) is 77.7 cm³/mol. The van der Waals surface area contributed by atoms with E-state index >= 15 is 0 Å². The maximum Gasteiger partial charge on any atom is 0.323 e. The number of aromatic nitrogens is 2. The molecule has 0 aromatic carbocycles. The van der Waals surface area contributed by atoms with Crippen LogP contribution in [0.1, 0.15) is 58.7 Å². The van der Waals surface area contributed by atoms with Gasteiger partial charge < -0.3 is 9.15 Å². The van der Waals surface area contributed by atoms with Crippen LogP contribution in [-0.2, 0) is 21.5 Å². The van der Waals surface area contributed by atoms with Gasteiger partial charge in [0.05, 0.1) is 13.2 Å². The highest BCUT2D eigenvalue weighted by molar-refractivity contribution is 5.75. The number of likely N-dealkylation sites (tertiary alicyclic amines) is 1. The van der Waals surface area contributed by atoms with Crippen molar-refractivity contribution in [1.82, 2.24) is 15.1 Å². The lowest BCUT2D eigenvalue weighted by atomic mass is 9.97. The molecule has 2 heterocycles. The SMILES string of the molecule is CCOC(=O)C1CCCCN1Cc1nnc(C(C)(C)C)o1. The summed E-state index contributed by atoms with van der Waals surface area (Å²) in [5.74, 6) is 1.05. The van der Waals surface area contributed by atoms with Gasteiger partial charge in [-0.3, -0.25) is 9.69 Å². The zero-order valence-electron chi connectivity index (χ0n) is 13.4. The summed E-state index contributed by atoms with van der Waals surface area (Å²) in [5, 5.41) is 8.21. The molecule has 21 heavy (non-hydrogen) atoms. The zero-order chi connectivity index (χ0) is 15.5. The first-order valence-electron chi connectivity index (χ1n) is 7.65. The van der Waals surface area contributed by atoms with Crippen LogP contribution in [0.25, 0.3) is 0 Å². The summed E-state index contributed by atoms with van der Waals surface area (Å²) in [7, 11) is 0. The van der Waals surface area contributed by atoms with Gasteiger partial charge in [-0.05, 0) is 26.3 Å². The Balaban J connectivity index is 2.05. The minimum Gasteiger partial charge on any atom is -0.465 e. The van der Waals surface area contributed by atoms with Crippen LogP contribution in [0, 0.1) is 0 Å². The topological polar surface area (TPSA) is 68.5 Å². The summed E-state index contributed by atoms with van der Waals surface area (Å²) in [6, 6.07) is -0.191. The van der Waals surface area contributed by atoms with Crippen molar-refractivity contribution >= 4 is 5.97 Å². The average Bonchev–Trinajstić information content (AvgIpc) is 2.88. The number of ether oxygens (including phenoxy) is 1. The molecule has 1 unspecified atom stereocenters. The van der Waals surface area contributed by atoms with E-state index in [4.69, 9.17) is 9.15 Å². The lowest BCUT2D eigenvalue weighted by Crippen LogP contribution is -2.45. The number of hydrogen-bond acceptors (Lipinski definition) is 6. The Labute approximate surface area is 125 Å². The van der Waals surface area contributed by atoms with Crippen LogP contribution in [0.3, 0.4) is 0 Å². The van der Waals surface area contributed by atoms with Crippen molar-refractivity contribution in [3.05, 3.63) is 11.8 Å². The molecule has 0 radical (unpaired) electrons. The van der Waals surface area contributed by atoms with E-state index in [-0.39, 0.29) is 17.4 Å². The molecule has 1 aromatic rings. The fraction of sp³-hybridized carbons (Fsp3) is 0.800. The molecule has 6 nitrogen and oxygen atoms in total. The Kier molecular flexibility index (Phi) is 4.98. The van der Waals surface area contributed by atoms with Crippen molar-refractivity contribution in [2.45, 2.75) is 65.0 Å². The molecule has 2 rings (SSSR count). The Bertz CT molecular complexity index is 479. The quantitative estimate of drug-likeness (QED) is 0.794. The molecule has 0 aliphatic carbocycles. The highest BCUT2D eigenvalue weighted by Gasteiger charge is 2.31. The van der Waals surface area contributed by atoms with Crippen LogP contribution >= 0.6 is 0 Å². The lowest BCUT2D eigenvalue weighted by molar-refractivity contribution is -0.151. The Morgan fingerprint density at radius 1 is 1.38 bits per heavy atom. The van der Waals surface area contributed by atoms with Gasteiger partial charge in [-0.1, -0.05) is 27.2 Å². The first kappa shape index (κ1) is 15.9. The second-order valence-electron chi connectivity index (χ2n) is 6.49. The Hall–Kier alpha value is -1.43. The number of hydrogen-bond donors (Lipinski definition) is 0. The zero-order valence-corrected chi connectivity index (χ0v) is 13.4. The summed E-state index contributed by atoms with van der Waals surface area (Å²) >= 11 is 0. The molecule has 1 fully saturated rings. The van der Waals surface area contributed by atoms with Crippen molar-refractivity contribution in [2.24, 2.45) is 0 Å². The van der Waals surface area contributed by atoms with E-state index in [0.29, 0.717) is 24.9 Å². The van der Waals surface area contributed by atoms with Gasteiger partial charge >= 0.3 is 5.97 Å². The first-order valence-corrected chi connectivity index (χ1v) is 7.65. The van der Waals surface area contributed by atoms with E-state index in [1.807, 2.05) is 27.7 Å². The summed E-state index contributed by atoms with van der Waals surface area (Å²) < 4.78 is 10.9. The average molecular weight is 295 g/mol. The third-order valence-electron chi connectivity index (χ3n) is 3.62. The van der Waals surface area contributed by atoms with E-state index in [1.165, 1.54) is 0 Å². The number of carbonyl (C=O) groups excluding carboxylic acids is 1. The second kappa shape index (κ2) is 6.56. The monoisotopic (exact) mass is 295 g/mol. The van der Waals surface area contributed by atoms with Crippen molar-refractivity contribution < 1.29 is 13.9 Å². The van der Waals surface area contributed by atoms with E-state index in [9.17, 15) is 4.79 Å². The van der Waals surface area contributed by atoms with Crippen molar-refractivity contribution in [2.75, 3.05) is 13.2 Å². The number of carbonyl (C=O) groups is 1. The molecule has 1 aliphatic heterocycles. The van der Waals surface area contributed by atoms with E-state index in [1.54, 1.807) is 0 Å². The molecule has 0 N–H and O–H groups in total. The standard InChI is InChI=1S/C15H25N3O3/c1-5-20-13(19)11-8-6-7-9-18(11)10-12-16-17-14(21-12)15(2,3)4/h11H,5-10H2,1-4H3. The number of piperidine rings is 1. The van der Waals surface area contributed by atoms with E-state index in [0.717, 1.165) is 25.8 Å². The van der Waals surface area contributed by atoms with Crippen LogP contribution in [0.15, 0.2) is 4.42 Å². The summed E-state index contributed by atoms with van der Waals surface area (Å²) in [6.45, 7) is 9.71. The molecule has 0 bridgehead atoms. The first-order chi connectivity index (χ1) is 9.91. The van der Waals surface area contributed by atoms with Crippen LogP contribution in [0.4, 0.5) is 0 Å². The second-order valence-corrected chi connectivity index (χ2v) is 6.49. The lowest BCUT2D eigenvalue weighted by Gasteiger charge is -2.32.